The molecular weight excluding hydrogens is 535 g/mol. The Kier molecular flexibility index (Phi) is 6.45. The summed E-state index contributed by atoms with van der Waals surface area (Å²) in [5.74, 6) is 0. The van der Waals surface area contributed by atoms with Gasteiger partial charge in [0, 0.05) is 20.4 Å². The van der Waals surface area contributed by atoms with E-state index in [1.54, 1.807) is 6.07 Å². The van der Waals surface area contributed by atoms with Crippen LogP contribution >= 0.6 is 55.1 Å². The van der Waals surface area contributed by atoms with Gasteiger partial charge in [-0.05, 0) is 59.7 Å². The number of hydrogen-bond acceptors (Lipinski definition) is 2. The molecule has 3 aromatic carbocycles. The minimum atomic E-state index is 0.0614. The Morgan fingerprint density at radius 1 is 0.862 bits per heavy atom. The lowest BCUT2D eigenvalue weighted by molar-refractivity contribution is 0.709. The molecule has 4 rings (SSSR count). The van der Waals surface area contributed by atoms with E-state index in [1.807, 2.05) is 41.4 Å². The Bertz CT molecular complexity index is 1080. The number of rotatable bonds is 4. The van der Waals surface area contributed by atoms with E-state index in [2.05, 4.69) is 68.3 Å². The van der Waals surface area contributed by atoms with Crippen LogP contribution in [0, 0.1) is 0 Å². The molecule has 1 unspecified atom stereocenters. The Labute approximate surface area is 197 Å². The van der Waals surface area contributed by atoms with Gasteiger partial charge in [0.25, 0.3) is 0 Å². The molecule has 6 heteroatoms. The summed E-state index contributed by atoms with van der Waals surface area (Å²) < 4.78 is 2.11. The summed E-state index contributed by atoms with van der Waals surface area (Å²) in [6, 6.07) is 22.1. The predicted molar refractivity (Wildman–Crippen MR) is 131 cm³/mol. The Hall–Kier alpha value is -1.59. The molecule has 146 valence electrons. The van der Waals surface area contributed by atoms with Gasteiger partial charge in [0.1, 0.15) is 0 Å². The number of benzene rings is 3. The number of allylic oxidation sites excluding steroid dienone is 1. The molecule has 0 saturated carbocycles. The minimum absolute atomic E-state index is 0.0614. The topological polar surface area (TPSA) is 15.6 Å². The maximum absolute atomic E-state index is 6.50. The van der Waals surface area contributed by atoms with E-state index in [0.717, 1.165) is 32.3 Å². The molecule has 2 nitrogen and oxygen atoms in total. The lowest BCUT2D eigenvalue weighted by atomic mass is 10.0. The maximum atomic E-state index is 6.50. The molecule has 0 N–H and O–H groups in total. The van der Waals surface area contributed by atoms with Gasteiger partial charge in [-0.3, -0.25) is 5.01 Å². The fraction of sp³-hybridized carbons (Fsp3) is 0.0870. The van der Waals surface area contributed by atoms with Crippen LogP contribution in [0.2, 0.25) is 10.0 Å². The third kappa shape index (κ3) is 4.95. The predicted octanol–water partition coefficient (Wildman–Crippen LogP) is 8.54. The SMILES string of the molecule is Clc1ccc(N2N=C(/C=C/c3ccc(Br)cc3)CC2c2ccc(Br)cc2)c(Cl)c1. The van der Waals surface area contributed by atoms with Gasteiger partial charge in [-0.2, -0.15) is 5.10 Å². The van der Waals surface area contributed by atoms with E-state index in [9.17, 15) is 0 Å². The van der Waals surface area contributed by atoms with E-state index in [4.69, 9.17) is 28.3 Å². The summed E-state index contributed by atoms with van der Waals surface area (Å²) in [5.41, 5.74) is 4.14. The van der Waals surface area contributed by atoms with Crippen molar-refractivity contribution < 1.29 is 0 Å². The third-order valence-corrected chi connectivity index (χ3v) is 6.28. The zero-order valence-electron chi connectivity index (χ0n) is 15.2. The first-order valence-electron chi connectivity index (χ1n) is 9.00. The number of hydrazone groups is 1. The molecular formula is C23H16Br2Cl2N2. The molecule has 0 bridgehead atoms. The van der Waals surface area contributed by atoms with Crippen molar-refractivity contribution in [3.8, 4) is 0 Å². The quantitative estimate of drug-likeness (QED) is 0.318. The van der Waals surface area contributed by atoms with Crippen molar-refractivity contribution >= 4 is 72.5 Å². The lowest BCUT2D eigenvalue weighted by Gasteiger charge is -2.25. The minimum Gasteiger partial charge on any atom is -0.256 e. The molecule has 1 atom stereocenters. The van der Waals surface area contributed by atoms with Gasteiger partial charge in [-0.15, -0.1) is 0 Å². The van der Waals surface area contributed by atoms with Crippen LogP contribution < -0.4 is 5.01 Å². The monoisotopic (exact) mass is 548 g/mol. The zero-order chi connectivity index (χ0) is 20.4. The summed E-state index contributed by atoms with van der Waals surface area (Å²) in [6.45, 7) is 0. The highest BCUT2D eigenvalue weighted by Gasteiger charge is 2.29. The van der Waals surface area contributed by atoms with Crippen molar-refractivity contribution in [1.82, 2.24) is 0 Å². The Morgan fingerprint density at radius 3 is 2.17 bits per heavy atom. The van der Waals surface area contributed by atoms with Crippen LogP contribution in [-0.4, -0.2) is 5.71 Å². The van der Waals surface area contributed by atoms with Crippen molar-refractivity contribution in [2.24, 2.45) is 5.10 Å². The first-order valence-corrected chi connectivity index (χ1v) is 11.3. The molecule has 0 spiro atoms. The molecule has 0 saturated heterocycles. The average molecular weight is 551 g/mol. The highest BCUT2D eigenvalue weighted by molar-refractivity contribution is 9.10. The molecule has 29 heavy (non-hydrogen) atoms. The normalized spacial score (nSPS) is 16.5. The number of halogens is 4. The molecule has 1 aliphatic heterocycles. The zero-order valence-corrected chi connectivity index (χ0v) is 19.9. The summed E-state index contributed by atoms with van der Waals surface area (Å²) >= 11 is 19.6. The van der Waals surface area contributed by atoms with Gasteiger partial charge in [0.05, 0.1) is 22.5 Å². The fourth-order valence-electron chi connectivity index (χ4n) is 3.23. The number of anilines is 1. The van der Waals surface area contributed by atoms with Gasteiger partial charge in [-0.25, -0.2) is 0 Å². The molecule has 0 amide bonds. The molecule has 0 aliphatic carbocycles. The largest absolute Gasteiger partial charge is 0.256 e. The molecule has 0 aromatic heterocycles. The second kappa shape index (κ2) is 9.05. The first-order chi connectivity index (χ1) is 14.0. The van der Waals surface area contributed by atoms with Crippen LogP contribution in [0.3, 0.4) is 0 Å². The van der Waals surface area contributed by atoms with E-state index in [1.165, 1.54) is 5.56 Å². The highest BCUT2D eigenvalue weighted by atomic mass is 79.9. The standard InChI is InChI=1S/C23H16Br2Cl2N2/c24-17-6-1-15(2-7-17)3-11-20-14-23(16-4-8-18(25)9-5-16)29(28-20)22-12-10-19(26)13-21(22)27/h1-13,23H,14H2/b11-3+. The fourth-order valence-corrected chi connectivity index (χ4v) is 4.26. The molecule has 0 radical (unpaired) electrons. The van der Waals surface area contributed by atoms with E-state index in [0.29, 0.717) is 10.0 Å². The Balaban J connectivity index is 1.68. The molecule has 1 heterocycles. The second-order valence-corrected chi connectivity index (χ2v) is 9.36. The van der Waals surface area contributed by atoms with Crippen molar-refractivity contribution in [3.05, 3.63) is 103 Å². The third-order valence-electron chi connectivity index (χ3n) is 4.68. The van der Waals surface area contributed by atoms with Crippen LogP contribution in [0.1, 0.15) is 23.6 Å². The summed E-state index contributed by atoms with van der Waals surface area (Å²) in [6.07, 6.45) is 4.93. The Morgan fingerprint density at radius 2 is 1.52 bits per heavy atom. The van der Waals surface area contributed by atoms with Crippen LogP contribution in [-0.2, 0) is 0 Å². The molecule has 0 fully saturated rings. The van der Waals surface area contributed by atoms with E-state index < -0.39 is 0 Å². The van der Waals surface area contributed by atoms with Crippen molar-refractivity contribution in [2.75, 3.05) is 5.01 Å². The molecule has 3 aromatic rings. The van der Waals surface area contributed by atoms with Gasteiger partial charge in [-0.1, -0.05) is 85.4 Å². The average Bonchev–Trinajstić information content (AvgIpc) is 3.12. The summed E-state index contributed by atoms with van der Waals surface area (Å²) in [4.78, 5) is 0. The van der Waals surface area contributed by atoms with E-state index in [-0.39, 0.29) is 6.04 Å². The van der Waals surface area contributed by atoms with Crippen LogP contribution in [0.25, 0.3) is 6.08 Å². The lowest BCUT2D eigenvalue weighted by Crippen LogP contribution is -2.18. The highest BCUT2D eigenvalue weighted by Crippen LogP contribution is 2.40. The first kappa shape index (κ1) is 20.7. The maximum Gasteiger partial charge on any atom is 0.0832 e. The van der Waals surface area contributed by atoms with Crippen molar-refractivity contribution in [1.29, 1.82) is 0 Å². The smallest absolute Gasteiger partial charge is 0.0832 e. The van der Waals surface area contributed by atoms with Gasteiger partial charge >= 0.3 is 0 Å². The summed E-state index contributed by atoms with van der Waals surface area (Å²) in [5, 5.41) is 8.06. The number of nitrogens with zero attached hydrogens (tertiary/aromatic N) is 2. The van der Waals surface area contributed by atoms with Crippen LogP contribution in [0.15, 0.2) is 86.9 Å². The van der Waals surface area contributed by atoms with E-state index >= 15 is 0 Å². The van der Waals surface area contributed by atoms with Crippen LogP contribution in [0.5, 0.6) is 0 Å². The number of hydrogen-bond donors (Lipinski definition) is 0. The second-order valence-electron chi connectivity index (χ2n) is 6.69. The van der Waals surface area contributed by atoms with Gasteiger partial charge in [0.2, 0.25) is 0 Å². The van der Waals surface area contributed by atoms with Crippen molar-refractivity contribution in [3.63, 3.8) is 0 Å². The van der Waals surface area contributed by atoms with Gasteiger partial charge in [0.15, 0.2) is 0 Å². The van der Waals surface area contributed by atoms with Crippen LogP contribution in [0.4, 0.5) is 5.69 Å². The van der Waals surface area contributed by atoms with Gasteiger partial charge < -0.3 is 0 Å². The summed E-state index contributed by atoms with van der Waals surface area (Å²) in [7, 11) is 0. The van der Waals surface area contributed by atoms with Crippen molar-refractivity contribution in [2.45, 2.75) is 12.5 Å². The molecule has 1 aliphatic rings.